The highest BCUT2D eigenvalue weighted by atomic mass is 32.1. The van der Waals surface area contributed by atoms with Gasteiger partial charge in [-0.1, -0.05) is 13.8 Å². The molecule has 3 heterocycles. The number of aromatic amines is 1. The fraction of sp³-hybridized carbons (Fsp3) is 0.333. The van der Waals surface area contributed by atoms with Crippen molar-refractivity contribution in [3.8, 4) is 10.7 Å². The summed E-state index contributed by atoms with van der Waals surface area (Å²) in [4.78, 5) is 1.19. The molecule has 3 aromatic heterocycles. The molecule has 0 saturated carbocycles. The van der Waals surface area contributed by atoms with Crippen LogP contribution in [-0.4, -0.2) is 14.8 Å². The lowest BCUT2D eigenvalue weighted by Crippen LogP contribution is -2.05. The third kappa shape index (κ3) is 2.04. The van der Waals surface area contributed by atoms with Crippen molar-refractivity contribution >= 4 is 44.3 Å². The summed E-state index contributed by atoms with van der Waals surface area (Å²) in [7, 11) is 0. The summed E-state index contributed by atoms with van der Waals surface area (Å²) in [5.41, 5.74) is 0. The second-order valence-electron chi connectivity index (χ2n) is 4.62. The normalized spacial score (nSPS) is 11.7. The lowest BCUT2D eigenvalue weighted by Gasteiger charge is -2.07. The van der Waals surface area contributed by atoms with Gasteiger partial charge >= 0.3 is 0 Å². The van der Waals surface area contributed by atoms with Crippen LogP contribution in [-0.2, 0) is 6.54 Å². The van der Waals surface area contributed by atoms with Gasteiger partial charge < -0.3 is 0 Å². The molecule has 0 unspecified atom stereocenters. The topological polar surface area (TPSA) is 33.6 Å². The maximum Gasteiger partial charge on any atom is 0.195 e. The fourth-order valence-corrected chi connectivity index (χ4v) is 4.23. The molecule has 0 aromatic carbocycles. The predicted octanol–water partition coefficient (Wildman–Crippen LogP) is 4.54. The Balaban J connectivity index is 2.11. The molecule has 0 amide bonds. The first-order chi connectivity index (χ1) is 8.65. The minimum Gasteiger partial charge on any atom is -0.299 e. The number of nitrogens with zero attached hydrogens (tertiary/aromatic N) is 2. The zero-order valence-corrected chi connectivity index (χ0v) is 12.6. The van der Waals surface area contributed by atoms with Crippen LogP contribution in [0.4, 0.5) is 0 Å². The van der Waals surface area contributed by atoms with E-state index in [1.54, 1.807) is 22.7 Å². The number of nitrogens with one attached hydrogen (secondary N) is 1. The Labute approximate surface area is 118 Å². The zero-order chi connectivity index (χ0) is 12.7. The smallest absolute Gasteiger partial charge is 0.195 e. The molecule has 0 radical (unpaired) electrons. The lowest BCUT2D eigenvalue weighted by molar-refractivity contribution is 0.522. The Morgan fingerprint density at radius 2 is 2.28 bits per heavy atom. The molecular weight excluding hydrogens is 282 g/mol. The van der Waals surface area contributed by atoms with Crippen molar-refractivity contribution in [3.05, 3.63) is 22.3 Å². The van der Waals surface area contributed by atoms with Crippen LogP contribution in [0.5, 0.6) is 0 Å². The van der Waals surface area contributed by atoms with Crippen molar-refractivity contribution < 1.29 is 0 Å². The van der Waals surface area contributed by atoms with E-state index in [0.29, 0.717) is 10.7 Å². The highest BCUT2D eigenvalue weighted by Gasteiger charge is 2.13. The fourth-order valence-electron chi connectivity index (χ4n) is 1.92. The van der Waals surface area contributed by atoms with E-state index in [1.807, 2.05) is 0 Å². The average molecular weight is 295 g/mol. The van der Waals surface area contributed by atoms with Gasteiger partial charge in [-0.15, -0.1) is 22.7 Å². The van der Waals surface area contributed by atoms with Crippen LogP contribution in [0, 0.1) is 10.7 Å². The zero-order valence-electron chi connectivity index (χ0n) is 10.1. The van der Waals surface area contributed by atoms with E-state index in [9.17, 15) is 0 Å². The van der Waals surface area contributed by atoms with E-state index in [-0.39, 0.29) is 0 Å². The van der Waals surface area contributed by atoms with Gasteiger partial charge in [-0.3, -0.25) is 9.67 Å². The summed E-state index contributed by atoms with van der Waals surface area (Å²) in [5.74, 6) is 1.51. The molecule has 0 fully saturated rings. The molecule has 0 aliphatic carbocycles. The molecule has 1 N–H and O–H groups in total. The van der Waals surface area contributed by atoms with E-state index in [1.165, 1.54) is 14.3 Å². The van der Waals surface area contributed by atoms with Gasteiger partial charge in [0.1, 0.15) is 0 Å². The van der Waals surface area contributed by atoms with Crippen LogP contribution < -0.4 is 0 Å². The van der Waals surface area contributed by atoms with Gasteiger partial charge in [0, 0.05) is 15.9 Å². The number of hydrogen-bond acceptors (Lipinski definition) is 4. The molecule has 3 nitrogen and oxygen atoms in total. The van der Waals surface area contributed by atoms with Crippen molar-refractivity contribution in [1.29, 1.82) is 0 Å². The Morgan fingerprint density at radius 1 is 1.44 bits per heavy atom. The van der Waals surface area contributed by atoms with Crippen LogP contribution in [0.15, 0.2) is 17.5 Å². The van der Waals surface area contributed by atoms with E-state index in [2.05, 4.69) is 46.1 Å². The SMILES string of the molecule is CC(C)Cn1c(-c2cc3sccc3s2)n[nH]c1=S. The Bertz CT molecular complexity index is 700. The van der Waals surface area contributed by atoms with Crippen LogP contribution in [0.2, 0.25) is 0 Å². The number of thiophene rings is 2. The highest BCUT2D eigenvalue weighted by molar-refractivity contribution is 7.71. The standard InChI is InChI=1S/C12H13N3S3/c1-7(2)6-15-11(13-14-12(15)16)10-5-9-8(18-10)3-4-17-9/h3-5,7H,6H2,1-2H3,(H,14,16). The molecule has 3 aromatic rings. The third-order valence-electron chi connectivity index (χ3n) is 2.67. The summed E-state index contributed by atoms with van der Waals surface area (Å²) < 4.78 is 5.44. The third-order valence-corrected chi connectivity index (χ3v) is 5.07. The molecule has 0 aliphatic rings. The molecule has 0 aliphatic heterocycles. The Kier molecular flexibility index (Phi) is 3.09. The summed E-state index contributed by atoms with van der Waals surface area (Å²) in [6.07, 6.45) is 0. The molecule has 94 valence electrons. The van der Waals surface area contributed by atoms with Crippen LogP contribution >= 0.6 is 34.9 Å². The quantitative estimate of drug-likeness (QED) is 0.720. The Morgan fingerprint density at radius 3 is 3.00 bits per heavy atom. The number of hydrogen-bond donors (Lipinski definition) is 1. The lowest BCUT2D eigenvalue weighted by atomic mass is 10.2. The predicted molar refractivity (Wildman–Crippen MR) is 80.9 cm³/mol. The molecule has 0 atom stereocenters. The maximum atomic E-state index is 5.30. The summed E-state index contributed by atoms with van der Waals surface area (Å²) in [6, 6.07) is 4.36. The molecule has 3 rings (SSSR count). The first kappa shape index (κ1) is 12.1. The van der Waals surface area contributed by atoms with Crippen molar-refractivity contribution in [1.82, 2.24) is 14.8 Å². The van der Waals surface area contributed by atoms with Gasteiger partial charge in [-0.25, -0.2) is 0 Å². The number of aromatic nitrogens is 3. The van der Waals surface area contributed by atoms with Crippen molar-refractivity contribution in [2.24, 2.45) is 5.92 Å². The van der Waals surface area contributed by atoms with E-state index in [0.717, 1.165) is 12.4 Å². The minimum atomic E-state index is 0.550. The van der Waals surface area contributed by atoms with Gasteiger partial charge in [-0.05, 0) is 35.6 Å². The van der Waals surface area contributed by atoms with Crippen LogP contribution in [0.3, 0.4) is 0 Å². The second kappa shape index (κ2) is 4.60. The van der Waals surface area contributed by atoms with Gasteiger partial charge in [-0.2, -0.15) is 5.10 Å². The monoisotopic (exact) mass is 295 g/mol. The van der Waals surface area contributed by atoms with E-state index in [4.69, 9.17) is 12.2 Å². The van der Waals surface area contributed by atoms with Gasteiger partial charge in [0.2, 0.25) is 0 Å². The summed E-state index contributed by atoms with van der Waals surface area (Å²) in [5, 5.41) is 9.40. The van der Waals surface area contributed by atoms with Gasteiger partial charge in [0.15, 0.2) is 10.6 Å². The number of rotatable bonds is 3. The maximum absolute atomic E-state index is 5.30. The van der Waals surface area contributed by atoms with Crippen molar-refractivity contribution in [2.75, 3.05) is 0 Å². The van der Waals surface area contributed by atoms with E-state index < -0.39 is 0 Å². The molecule has 0 bridgehead atoms. The molecule has 0 spiro atoms. The molecule has 0 saturated heterocycles. The summed E-state index contributed by atoms with van der Waals surface area (Å²) in [6.45, 7) is 5.27. The Hall–Kier alpha value is -0.980. The second-order valence-corrected chi connectivity index (χ2v) is 7.03. The minimum absolute atomic E-state index is 0.550. The van der Waals surface area contributed by atoms with Gasteiger partial charge in [0.25, 0.3) is 0 Å². The van der Waals surface area contributed by atoms with Crippen molar-refractivity contribution in [3.63, 3.8) is 0 Å². The highest BCUT2D eigenvalue weighted by Crippen LogP contribution is 2.35. The largest absolute Gasteiger partial charge is 0.299 e. The summed E-state index contributed by atoms with van der Waals surface area (Å²) >= 11 is 8.84. The number of H-pyrrole nitrogens is 1. The van der Waals surface area contributed by atoms with Crippen LogP contribution in [0.1, 0.15) is 13.8 Å². The number of fused-ring (bicyclic) bond motifs is 1. The first-order valence-electron chi connectivity index (χ1n) is 5.78. The molecular formula is C12H13N3S3. The van der Waals surface area contributed by atoms with E-state index >= 15 is 0 Å². The molecule has 18 heavy (non-hydrogen) atoms. The van der Waals surface area contributed by atoms with Gasteiger partial charge in [0.05, 0.1) is 4.88 Å². The average Bonchev–Trinajstić information content (AvgIpc) is 2.93. The first-order valence-corrected chi connectivity index (χ1v) is 7.88. The van der Waals surface area contributed by atoms with Crippen molar-refractivity contribution in [2.45, 2.75) is 20.4 Å². The molecule has 6 heteroatoms. The van der Waals surface area contributed by atoms with Crippen LogP contribution in [0.25, 0.3) is 20.1 Å².